The van der Waals surface area contributed by atoms with E-state index in [1.165, 1.54) is 5.56 Å². The molecule has 3 rings (SSSR count). The van der Waals surface area contributed by atoms with Gasteiger partial charge in [0.05, 0.1) is 18.3 Å². The maximum Gasteiger partial charge on any atom is 0.254 e. The van der Waals surface area contributed by atoms with E-state index in [-0.39, 0.29) is 18.1 Å². The number of aryl methyl sites for hydroxylation is 1. The fourth-order valence-corrected chi connectivity index (χ4v) is 2.57. The molecule has 2 aromatic rings. The van der Waals surface area contributed by atoms with Gasteiger partial charge in [-0.05, 0) is 38.3 Å². The molecular weight excluding hydrogens is 278 g/mol. The van der Waals surface area contributed by atoms with Crippen LogP contribution in [0.2, 0.25) is 0 Å². The van der Waals surface area contributed by atoms with Crippen LogP contribution in [-0.2, 0) is 6.42 Å². The molecule has 0 radical (unpaired) electrons. The van der Waals surface area contributed by atoms with E-state index in [4.69, 9.17) is 4.74 Å². The van der Waals surface area contributed by atoms with Crippen molar-refractivity contribution < 1.29 is 9.53 Å². The second-order valence-electron chi connectivity index (χ2n) is 5.90. The zero-order valence-corrected chi connectivity index (χ0v) is 13.0. The van der Waals surface area contributed by atoms with Crippen molar-refractivity contribution in [2.75, 3.05) is 6.54 Å². The molecule has 5 heteroatoms. The van der Waals surface area contributed by atoms with Crippen LogP contribution in [0.15, 0.2) is 36.7 Å². The molecule has 0 aliphatic carbocycles. The molecule has 1 aromatic heterocycles. The third-order valence-corrected chi connectivity index (χ3v) is 3.88. The van der Waals surface area contributed by atoms with Crippen molar-refractivity contribution in [3.8, 4) is 5.75 Å². The highest BCUT2D eigenvalue weighted by Gasteiger charge is 2.20. The van der Waals surface area contributed by atoms with Gasteiger partial charge in [0.1, 0.15) is 11.9 Å². The number of carbonyl (C=O) groups excluding carboxylic acids is 1. The zero-order chi connectivity index (χ0) is 15.5. The number of aromatic nitrogens is 2. The van der Waals surface area contributed by atoms with Crippen LogP contribution in [0.4, 0.5) is 0 Å². The number of nitrogens with zero attached hydrogens (tertiary/aromatic N) is 2. The smallest absolute Gasteiger partial charge is 0.254 e. The summed E-state index contributed by atoms with van der Waals surface area (Å²) in [6.45, 7) is 4.57. The Bertz CT molecular complexity index is 663. The molecule has 0 bridgehead atoms. The van der Waals surface area contributed by atoms with Gasteiger partial charge >= 0.3 is 0 Å². The maximum absolute atomic E-state index is 12.1. The molecule has 0 saturated heterocycles. The first-order valence-corrected chi connectivity index (χ1v) is 7.70. The van der Waals surface area contributed by atoms with Crippen LogP contribution in [0, 0.1) is 0 Å². The van der Waals surface area contributed by atoms with Crippen molar-refractivity contribution in [2.24, 2.45) is 0 Å². The van der Waals surface area contributed by atoms with Gasteiger partial charge in [0.15, 0.2) is 0 Å². The molecule has 0 saturated carbocycles. The minimum absolute atomic E-state index is 0.0268. The topological polar surface area (TPSA) is 56.2 Å². The van der Waals surface area contributed by atoms with Gasteiger partial charge in [-0.2, -0.15) is 5.10 Å². The summed E-state index contributed by atoms with van der Waals surface area (Å²) in [5.74, 6) is 0.829. The van der Waals surface area contributed by atoms with Crippen molar-refractivity contribution in [1.82, 2.24) is 15.1 Å². The molecule has 1 aliphatic rings. The lowest BCUT2D eigenvalue weighted by Crippen LogP contribution is -2.37. The molecule has 1 amide bonds. The monoisotopic (exact) mass is 299 g/mol. The van der Waals surface area contributed by atoms with E-state index in [9.17, 15) is 4.79 Å². The van der Waals surface area contributed by atoms with Crippen molar-refractivity contribution in [1.29, 1.82) is 0 Å². The highest BCUT2D eigenvalue weighted by molar-refractivity contribution is 5.93. The second kappa shape index (κ2) is 6.22. The third-order valence-electron chi connectivity index (χ3n) is 3.88. The molecule has 0 fully saturated rings. The van der Waals surface area contributed by atoms with Crippen LogP contribution >= 0.6 is 0 Å². The minimum atomic E-state index is -0.102. The summed E-state index contributed by atoms with van der Waals surface area (Å²) in [6.07, 6.45) is 5.31. The average molecular weight is 299 g/mol. The summed E-state index contributed by atoms with van der Waals surface area (Å²) >= 11 is 0. The summed E-state index contributed by atoms with van der Waals surface area (Å²) < 4.78 is 7.71. The summed E-state index contributed by atoms with van der Waals surface area (Å²) in [4.78, 5) is 12.1. The molecule has 1 aromatic carbocycles. The molecule has 5 nitrogen and oxygen atoms in total. The van der Waals surface area contributed by atoms with Crippen LogP contribution in [-0.4, -0.2) is 28.3 Å². The Morgan fingerprint density at radius 3 is 3.05 bits per heavy atom. The van der Waals surface area contributed by atoms with Gasteiger partial charge in [-0.25, -0.2) is 0 Å². The first-order valence-electron chi connectivity index (χ1n) is 7.70. The van der Waals surface area contributed by atoms with Crippen molar-refractivity contribution in [3.05, 3.63) is 47.8 Å². The fraction of sp³-hybridized carbons (Fsp3) is 0.412. The van der Waals surface area contributed by atoms with Crippen LogP contribution in [0.25, 0.3) is 0 Å². The SMILES string of the molecule is CC(C)n1cc(C(=O)NC[C@H]2CCc3ccccc3O2)cn1. The van der Waals surface area contributed by atoms with E-state index in [1.54, 1.807) is 17.1 Å². The lowest BCUT2D eigenvalue weighted by atomic mass is 10.0. The summed E-state index contributed by atoms with van der Waals surface area (Å²) in [6, 6.07) is 8.32. The molecule has 1 N–H and O–H groups in total. The first kappa shape index (κ1) is 14.6. The number of carbonyl (C=O) groups is 1. The standard InChI is InChI=1S/C17H21N3O2/c1-12(2)20-11-14(9-19-20)17(21)18-10-15-8-7-13-5-3-4-6-16(13)22-15/h3-6,9,11-12,15H,7-8,10H2,1-2H3,(H,18,21)/t15-/m1/s1. The minimum Gasteiger partial charge on any atom is -0.488 e. The Morgan fingerprint density at radius 2 is 2.27 bits per heavy atom. The first-order chi connectivity index (χ1) is 10.6. The van der Waals surface area contributed by atoms with E-state index in [1.807, 2.05) is 32.0 Å². The van der Waals surface area contributed by atoms with Gasteiger partial charge in [0.25, 0.3) is 5.91 Å². The summed E-state index contributed by atoms with van der Waals surface area (Å²) in [5.41, 5.74) is 1.83. The fourth-order valence-electron chi connectivity index (χ4n) is 2.57. The molecule has 116 valence electrons. The quantitative estimate of drug-likeness (QED) is 0.944. The molecular formula is C17H21N3O2. The van der Waals surface area contributed by atoms with Crippen LogP contribution in [0.3, 0.4) is 0 Å². The number of hydrogen-bond acceptors (Lipinski definition) is 3. The predicted molar refractivity (Wildman–Crippen MR) is 84.1 cm³/mol. The molecule has 2 heterocycles. The number of hydrogen-bond donors (Lipinski definition) is 1. The third kappa shape index (κ3) is 3.13. The van der Waals surface area contributed by atoms with Gasteiger partial charge in [-0.1, -0.05) is 18.2 Å². The number of benzene rings is 1. The highest BCUT2D eigenvalue weighted by atomic mass is 16.5. The van der Waals surface area contributed by atoms with Gasteiger partial charge < -0.3 is 10.1 Å². The Kier molecular flexibility index (Phi) is 4.13. The van der Waals surface area contributed by atoms with Gasteiger partial charge in [-0.15, -0.1) is 0 Å². The largest absolute Gasteiger partial charge is 0.488 e. The van der Waals surface area contributed by atoms with Crippen LogP contribution in [0.5, 0.6) is 5.75 Å². The van der Waals surface area contributed by atoms with Crippen molar-refractivity contribution in [3.63, 3.8) is 0 Å². The highest BCUT2D eigenvalue weighted by Crippen LogP contribution is 2.26. The molecule has 0 spiro atoms. The lowest BCUT2D eigenvalue weighted by molar-refractivity contribution is 0.0918. The average Bonchev–Trinajstić information content (AvgIpc) is 3.03. The summed E-state index contributed by atoms with van der Waals surface area (Å²) in [7, 11) is 0. The van der Waals surface area contributed by atoms with Crippen LogP contribution < -0.4 is 10.1 Å². The predicted octanol–water partition coefficient (Wildman–Crippen LogP) is 2.59. The molecule has 0 unspecified atom stereocenters. The van der Waals surface area contributed by atoms with Crippen LogP contribution in [0.1, 0.15) is 42.2 Å². The van der Waals surface area contributed by atoms with Crippen molar-refractivity contribution >= 4 is 5.91 Å². The number of para-hydroxylation sites is 1. The Labute approximate surface area is 130 Å². The van der Waals surface area contributed by atoms with E-state index >= 15 is 0 Å². The number of fused-ring (bicyclic) bond motifs is 1. The van der Waals surface area contributed by atoms with E-state index in [2.05, 4.69) is 16.5 Å². The number of rotatable bonds is 4. The molecule has 1 atom stereocenters. The lowest BCUT2D eigenvalue weighted by Gasteiger charge is -2.26. The van der Waals surface area contributed by atoms with Gasteiger partial charge in [0.2, 0.25) is 0 Å². The molecule has 22 heavy (non-hydrogen) atoms. The number of nitrogens with one attached hydrogen (secondary N) is 1. The van der Waals surface area contributed by atoms with E-state index in [0.29, 0.717) is 12.1 Å². The maximum atomic E-state index is 12.1. The number of ether oxygens (including phenoxy) is 1. The van der Waals surface area contributed by atoms with Gasteiger partial charge in [0, 0.05) is 12.2 Å². The van der Waals surface area contributed by atoms with E-state index < -0.39 is 0 Å². The zero-order valence-electron chi connectivity index (χ0n) is 13.0. The number of amides is 1. The molecule has 1 aliphatic heterocycles. The Hall–Kier alpha value is -2.30. The van der Waals surface area contributed by atoms with E-state index in [0.717, 1.165) is 18.6 Å². The Balaban J connectivity index is 1.55. The Morgan fingerprint density at radius 1 is 1.45 bits per heavy atom. The van der Waals surface area contributed by atoms with Gasteiger partial charge in [-0.3, -0.25) is 9.48 Å². The summed E-state index contributed by atoms with van der Waals surface area (Å²) in [5, 5.41) is 7.12. The second-order valence-corrected chi connectivity index (χ2v) is 5.90. The van der Waals surface area contributed by atoms with Crippen molar-refractivity contribution in [2.45, 2.75) is 38.8 Å². The normalized spacial score (nSPS) is 17.0.